The molecule has 1 fully saturated rings. The summed E-state index contributed by atoms with van der Waals surface area (Å²) in [7, 11) is -1.59. The zero-order valence-corrected chi connectivity index (χ0v) is 13.4. The molecular formula is C15H16N2O5S. The molecule has 0 bridgehead atoms. The number of nitrogens with zero attached hydrogens (tertiary/aromatic N) is 2. The second-order valence-electron chi connectivity index (χ2n) is 5.55. The van der Waals surface area contributed by atoms with Gasteiger partial charge in [-0.25, -0.2) is 13.2 Å². The minimum absolute atomic E-state index is 0.0370. The number of rotatable bonds is 4. The van der Waals surface area contributed by atoms with Crippen LogP contribution in [0.5, 0.6) is 0 Å². The maximum Gasteiger partial charge on any atom is 0.337 e. The van der Waals surface area contributed by atoms with Gasteiger partial charge in [0, 0.05) is 12.0 Å². The van der Waals surface area contributed by atoms with Crippen molar-refractivity contribution >= 4 is 15.8 Å². The van der Waals surface area contributed by atoms with Gasteiger partial charge in [-0.3, -0.25) is 0 Å². The van der Waals surface area contributed by atoms with Crippen molar-refractivity contribution in [1.82, 2.24) is 10.1 Å². The number of carbonyl (C=O) groups excluding carboxylic acids is 1. The molecule has 0 radical (unpaired) electrons. The van der Waals surface area contributed by atoms with Crippen molar-refractivity contribution in [3.63, 3.8) is 0 Å². The van der Waals surface area contributed by atoms with Gasteiger partial charge in [-0.1, -0.05) is 17.3 Å². The highest BCUT2D eigenvalue weighted by atomic mass is 32.2. The average molecular weight is 336 g/mol. The van der Waals surface area contributed by atoms with Crippen LogP contribution in [0.25, 0.3) is 11.4 Å². The minimum Gasteiger partial charge on any atom is -0.465 e. The van der Waals surface area contributed by atoms with Crippen LogP contribution in [0, 0.1) is 5.92 Å². The lowest BCUT2D eigenvalue weighted by Gasteiger charge is -2.01. The maximum absolute atomic E-state index is 11.5. The number of sulfone groups is 1. The summed E-state index contributed by atoms with van der Waals surface area (Å²) in [5.74, 6) is 0.880. The Morgan fingerprint density at radius 2 is 2.09 bits per heavy atom. The molecule has 1 aromatic carbocycles. The lowest BCUT2D eigenvalue weighted by molar-refractivity contribution is 0.0600. The summed E-state index contributed by atoms with van der Waals surface area (Å²) in [6.07, 6.45) is 1.10. The van der Waals surface area contributed by atoms with E-state index >= 15 is 0 Å². The van der Waals surface area contributed by atoms with E-state index in [9.17, 15) is 13.2 Å². The minimum atomic E-state index is -2.91. The standard InChI is InChI=1S/C15H16N2O5S/c1-21-15(18)12-4-2-11(3-5-12)14-16-13(22-17-14)8-10-6-7-23(19,20)9-10/h2-5,10H,6-9H2,1H3. The number of methoxy groups -OCH3 is 1. The van der Waals surface area contributed by atoms with E-state index in [1.165, 1.54) is 7.11 Å². The number of benzene rings is 1. The molecule has 1 unspecified atom stereocenters. The first kappa shape index (κ1) is 15.7. The molecule has 1 saturated heterocycles. The molecule has 1 aliphatic heterocycles. The van der Waals surface area contributed by atoms with E-state index in [2.05, 4.69) is 14.9 Å². The lowest BCUT2D eigenvalue weighted by Crippen LogP contribution is -2.07. The van der Waals surface area contributed by atoms with Gasteiger partial charge >= 0.3 is 5.97 Å². The molecule has 0 N–H and O–H groups in total. The van der Waals surface area contributed by atoms with Crippen LogP contribution in [0.4, 0.5) is 0 Å². The molecule has 122 valence electrons. The lowest BCUT2D eigenvalue weighted by atomic mass is 10.1. The summed E-state index contributed by atoms with van der Waals surface area (Å²) >= 11 is 0. The number of aromatic nitrogens is 2. The van der Waals surface area contributed by atoms with Gasteiger partial charge in [0.15, 0.2) is 9.84 Å². The number of hydrogen-bond acceptors (Lipinski definition) is 7. The third-order valence-corrected chi connectivity index (χ3v) is 5.66. The quantitative estimate of drug-likeness (QED) is 0.780. The van der Waals surface area contributed by atoms with Gasteiger partial charge < -0.3 is 9.26 Å². The largest absolute Gasteiger partial charge is 0.465 e. The van der Waals surface area contributed by atoms with E-state index in [1.807, 2.05) is 0 Å². The second-order valence-corrected chi connectivity index (χ2v) is 7.78. The molecule has 8 heteroatoms. The van der Waals surface area contributed by atoms with Crippen molar-refractivity contribution in [3.8, 4) is 11.4 Å². The summed E-state index contributed by atoms with van der Waals surface area (Å²) in [6, 6.07) is 6.67. The molecule has 1 aromatic heterocycles. The van der Waals surface area contributed by atoms with Crippen LogP contribution in [0.15, 0.2) is 28.8 Å². The van der Waals surface area contributed by atoms with Gasteiger partial charge in [0.2, 0.25) is 11.7 Å². The van der Waals surface area contributed by atoms with Gasteiger partial charge in [-0.05, 0) is 24.5 Å². The van der Waals surface area contributed by atoms with Crippen LogP contribution in [0.3, 0.4) is 0 Å². The zero-order valence-electron chi connectivity index (χ0n) is 12.6. The number of hydrogen-bond donors (Lipinski definition) is 0. The van der Waals surface area contributed by atoms with Crippen LogP contribution in [0.2, 0.25) is 0 Å². The first-order chi connectivity index (χ1) is 11.0. The van der Waals surface area contributed by atoms with Crippen LogP contribution in [-0.2, 0) is 21.0 Å². The molecule has 2 heterocycles. The SMILES string of the molecule is COC(=O)c1ccc(-c2noc(CC3CCS(=O)(=O)C3)n2)cc1. The number of ether oxygens (including phenoxy) is 1. The molecule has 0 saturated carbocycles. The van der Waals surface area contributed by atoms with Gasteiger partial charge in [-0.2, -0.15) is 4.98 Å². The van der Waals surface area contributed by atoms with Crippen molar-refractivity contribution < 1.29 is 22.5 Å². The highest BCUT2D eigenvalue weighted by Crippen LogP contribution is 2.23. The van der Waals surface area contributed by atoms with Crippen molar-refractivity contribution in [1.29, 1.82) is 0 Å². The van der Waals surface area contributed by atoms with Gasteiger partial charge in [0.25, 0.3) is 0 Å². The summed E-state index contributed by atoms with van der Waals surface area (Å²) in [4.78, 5) is 15.7. The zero-order chi connectivity index (χ0) is 16.4. The first-order valence-corrected chi connectivity index (χ1v) is 9.01. The van der Waals surface area contributed by atoms with E-state index < -0.39 is 15.8 Å². The topological polar surface area (TPSA) is 99.4 Å². The van der Waals surface area contributed by atoms with Crippen LogP contribution >= 0.6 is 0 Å². The Balaban J connectivity index is 1.70. The summed E-state index contributed by atoms with van der Waals surface area (Å²) in [5.41, 5.74) is 1.16. The molecule has 23 heavy (non-hydrogen) atoms. The number of carbonyl (C=O) groups is 1. The van der Waals surface area contributed by atoms with Crippen molar-refractivity contribution in [2.45, 2.75) is 12.8 Å². The van der Waals surface area contributed by atoms with Crippen molar-refractivity contribution in [2.24, 2.45) is 5.92 Å². The second kappa shape index (κ2) is 6.11. The Labute approximate surface area is 133 Å². The third kappa shape index (κ3) is 3.58. The van der Waals surface area contributed by atoms with E-state index in [0.29, 0.717) is 35.7 Å². The molecule has 0 aliphatic carbocycles. The Morgan fingerprint density at radius 1 is 1.35 bits per heavy atom. The molecular weight excluding hydrogens is 320 g/mol. The molecule has 2 aromatic rings. The smallest absolute Gasteiger partial charge is 0.337 e. The molecule has 1 atom stereocenters. The molecule has 7 nitrogen and oxygen atoms in total. The van der Waals surface area contributed by atoms with E-state index in [0.717, 1.165) is 0 Å². The predicted molar refractivity (Wildman–Crippen MR) is 81.5 cm³/mol. The van der Waals surface area contributed by atoms with Gasteiger partial charge in [0.1, 0.15) is 0 Å². The average Bonchev–Trinajstić information content (AvgIpc) is 3.13. The molecule has 0 amide bonds. The fraction of sp³-hybridized carbons (Fsp3) is 0.400. The first-order valence-electron chi connectivity index (χ1n) is 7.18. The van der Waals surface area contributed by atoms with E-state index in [1.54, 1.807) is 24.3 Å². The highest BCUT2D eigenvalue weighted by molar-refractivity contribution is 7.91. The van der Waals surface area contributed by atoms with E-state index in [-0.39, 0.29) is 17.4 Å². The van der Waals surface area contributed by atoms with Gasteiger partial charge in [-0.15, -0.1) is 0 Å². The Kier molecular flexibility index (Phi) is 4.16. The molecule has 3 rings (SSSR count). The van der Waals surface area contributed by atoms with Crippen molar-refractivity contribution in [2.75, 3.05) is 18.6 Å². The van der Waals surface area contributed by atoms with Gasteiger partial charge in [0.05, 0.1) is 24.2 Å². The summed E-state index contributed by atoms with van der Waals surface area (Å²) in [5, 5.41) is 3.91. The Hall–Kier alpha value is -2.22. The predicted octanol–water partition coefficient (Wildman–Crippen LogP) is 1.50. The van der Waals surface area contributed by atoms with Crippen LogP contribution in [-0.4, -0.2) is 43.1 Å². The Bertz CT molecular complexity index is 811. The summed E-state index contributed by atoms with van der Waals surface area (Å²) in [6.45, 7) is 0. The molecule has 0 spiro atoms. The Morgan fingerprint density at radius 3 is 2.70 bits per heavy atom. The fourth-order valence-corrected chi connectivity index (χ4v) is 4.47. The van der Waals surface area contributed by atoms with Crippen LogP contribution < -0.4 is 0 Å². The van der Waals surface area contributed by atoms with Crippen LogP contribution in [0.1, 0.15) is 22.7 Å². The fourth-order valence-electron chi connectivity index (χ4n) is 2.61. The normalized spacial score (nSPS) is 19.6. The third-order valence-electron chi connectivity index (χ3n) is 3.82. The monoisotopic (exact) mass is 336 g/mol. The van der Waals surface area contributed by atoms with E-state index in [4.69, 9.17) is 4.52 Å². The highest BCUT2D eigenvalue weighted by Gasteiger charge is 2.29. The number of esters is 1. The summed E-state index contributed by atoms with van der Waals surface area (Å²) < 4.78 is 32.8. The molecule has 1 aliphatic rings. The van der Waals surface area contributed by atoms with Crippen molar-refractivity contribution in [3.05, 3.63) is 35.7 Å². The maximum atomic E-state index is 11.5.